The van der Waals surface area contributed by atoms with Crippen LogP contribution in [0.3, 0.4) is 0 Å². The van der Waals surface area contributed by atoms with E-state index in [2.05, 4.69) is 4.72 Å². The van der Waals surface area contributed by atoms with Crippen molar-refractivity contribution in [1.29, 1.82) is 0 Å². The number of hydrogen-bond donors (Lipinski definition) is 1. The Morgan fingerprint density at radius 1 is 0.970 bits per heavy atom. The number of hydrogen-bond acceptors (Lipinski definition) is 5. The summed E-state index contributed by atoms with van der Waals surface area (Å²) < 4.78 is 73.6. The molecule has 0 radical (unpaired) electrons. The second-order valence-corrected chi connectivity index (χ2v) is 11.3. The molecule has 33 heavy (non-hydrogen) atoms. The Balaban J connectivity index is 1.57. The molecule has 1 N–H and O–H groups in total. The van der Waals surface area contributed by atoms with E-state index in [0.29, 0.717) is 42.1 Å². The van der Waals surface area contributed by atoms with Crippen LogP contribution in [0.25, 0.3) is 0 Å². The Hall–Kier alpha value is -3.11. The maximum Gasteiger partial charge on any atom is 0.264 e. The van der Waals surface area contributed by atoms with E-state index in [1.54, 1.807) is 30.3 Å². The van der Waals surface area contributed by atoms with Crippen molar-refractivity contribution in [1.82, 2.24) is 0 Å². The van der Waals surface area contributed by atoms with Crippen LogP contribution in [0.4, 0.5) is 15.8 Å². The standard InChI is InChI=1S/C23H23FN2O5S2/c1-31-21-9-11-22(12-10-21)33(29,30)26-14-2-3-18-15-20(8-13-23(18)26)25-32(27,28)16-17-4-6-19(24)7-5-17/h4-13,15,25H,2-3,14,16H2,1H3. The zero-order valence-corrected chi connectivity index (χ0v) is 19.5. The molecule has 4 rings (SSSR count). The van der Waals surface area contributed by atoms with Gasteiger partial charge in [0.2, 0.25) is 10.0 Å². The van der Waals surface area contributed by atoms with Gasteiger partial charge in [-0.1, -0.05) is 12.1 Å². The van der Waals surface area contributed by atoms with Crippen LogP contribution in [0.15, 0.2) is 71.6 Å². The van der Waals surface area contributed by atoms with Crippen molar-refractivity contribution in [3.05, 3.63) is 83.7 Å². The molecule has 3 aromatic rings. The molecule has 3 aromatic carbocycles. The highest BCUT2D eigenvalue weighted by Crippen LogP contribution is 2.34. The molecule has 0 bridgehead atoms. The third-order valence-corrected chi connectivity index (χ3v) is 8.43. The molecule has 0 amide bonds. The van der Waals surface area contributed by atoms with Crippen molar-refractivity contribution in [3.63, 3.8) is 0 Å². The second kappa shape index (κ2) is 9.03. The van der Waals surface area contributed by atoms with Gasteiger partial charge in [-0.2, -0.15) is 0 Å². The predicted octanol–water partition coefficient (Wildman–Crippen LogP) is 3.92. The molecule has 1 aliphatic heterocycles. The van der Waals surface area contributed by atoms with Gasteiger partial charge in [0.15, 0.2) is 0 Å². The topological polar surface area (TPSA) is 92.8 Å². The third-order valence-electron chi connectivity index (χ3n) is 5.35. The number of aryl methyl sites for hydroxylation is 1. The van der Waals surface area contributed by atoms with Crippen molar-refractivity contribution in [2.24, 2.45) is 0 Å². The number of fused-ring (bicyclic) bond motifs is 1. The first-order valence-electron chi connectivity index (χ1n) is 10.2. The van der Waals surface area contributed by atoms with E-state index >= 15 is 0 Å². The number of benzene rings is 3. The highest BCUT2D eigenvalue weighted by Gasteiger charge is 2.29. The van der Waals surface area contributed by atoms with Gasteiger partial charge in [-0.05, 0) is 78.6 Å². The lowest BCUT2D eigenvalue weighted by Gasteiger charge is -2.31. The molecule has 0 aromatic heterocycles. The zero-order chi connectivity index (χ0) is 23.6. The minimum absolute atomic E-state index is 0.153. The van der Waals surface area contributed by atoms with E-state index in [4.69, 9.17) is 4.74 Å². The summed E-state index contributed by atoms with van der Waals surface area (Å²) in [6.45, 7) is 0.330. The first-order valence-corrected chi connectivity index (χ1v) is 13.3. The van der Waals surface area contributed by atoms with Crippen molar-refractivity contribution in [2.75, 3.05) is 22.7 Å². The monoisotopic (exact) mass is 490 g/mol. The number of methoxy groups -OCH3 is 1. The maximum absolute atomic E-state index is 13.2. The molecule has 10 heteroatoms. The van der Waals surface area contributed by atoms with Gasteiger partial charge < -0.3 is 4.74 Å². The van der Waals surface area contributed by atoms with E-state index in [1.165, 1.54) is 47.8 Å². The SMILES string of the molecule is COc1ccc(S(=O)(=O)N2CCCc3cc(NS(=O)(=O)Cc4ccc(F)cc4)ccc32)cc1. The first kappa shape index (κ1) is 23.1. The zero-order valence-electron chi connectivity index (χ0n) is 17.9. The smallest absolute Gasteiger partial charge is 0.264 e. The van der Waals surface area contributed by atoms with E-state index in [1.807, 2.05) is 0 Å². The lowest BCUT2D eigenvalue weighted by atomic mass is 10.0. The predicted molar refractivity (Wildman–Crippen MR) is 125 cm³/mol. The van der Waals surface area contributed by atoms with Crippen molar-refractivity contribution in [2.45, 2.75) is 23.5 Å². The normalized spacial score (nSPS) is 13.9. The molecular weight excluding hydrogens is 467 g/mol. The fourth-order valence-electron chi connectivity index (χ4n) is 3.77. The third kappa shape index (κ3) is 5.12. The fraction of sp³-hybridized carbons (Fsp3) is 0.217. The largest absolute Gasteiger partial charge is 0.497 e. The number of rotatable bonds is 7. The summed E-state index contributed by atoms with van der Waals surface area (Å²) in [5, 5.41) is 0. The van der Waals surface area contributed by atoms with E-state index < -0.39 is 25.9 Å². The average Bonchev–Trinajstić information content (AvgIpc) is 2.79. The summed E-state index contributed by atoms with van der Waals surface area (Å²) in [4.78, 5) is 0.153. The minimum atomic E-state index is -3.78. The molecular formula is C23H23FN2O5S2. The van der Waals surface area contributed by atoms with Crippen LogP contribution in [0.5, 0.6) is 5.75 Å². The Bertz CT molecular complexity index is 1360. The van der Waals surface area contributed by atoms with Crippen LogP contribution in [-0.2, 0) is 32.2 Å². The summed E-state index contributed by atoms with van der Waals surface area (Å²) in [7, 11) is -6.01. The highest BCUT2D eigenvalue weighted by molar-refractivity contribution is 7.93. The average molecular weight is 491 g/mol. The lowest BCUT2D eigenvalue weighted by Crippen LogP contribution is -2.35. The molecule has 0 unspecified atom stereocenters. The Morgan fingerprint density at radius 3 is 2.33 bits per heavy atom. The summed E-state index contributed by atoms with van der Waals surface area (Å²) >= 11 is 0. The van der Waals surface area contributed by atoms with Crippen LogP contribution in [0.2, 0.25) is 0 Å². The summed E-state index contributed by atoms with van der Waals surface area (Å²) in [6.07, 6.45) is 1.23. The maximum atomic E-state index is 13.2. The second-order valence-electron chi connectivity index (χ2n) is 7.69. The van der Waals surface area contributed by atoms with Gasteiger partial charge in [0, 0.05) is 12.2 Å². The van der Waals surface area contributed by atoms with Gasteiger partial charge in [0.1, 0.15) is 11.6 Å². The first-order chi connectivity index (χ1) is 15.7. The molecule has 174 valence electrons. The van der Waals surface area contributed by atoms with E-state index in [9.17, 15) is 21.2 Å². The van der Waals surface area contributed by atoms with Crippen LogP contribution in [0.1, 0.15) is 17.5 Å². The van der Waals surface area contributed by atoms with Gasteiger partial charge in [0.05, 0.1) is 23.4 Å². The van der Waals surface area contributed by atoms with Gasteiger partial charge in [0.25, 0.3) is 10.0 Å². The summed E-state index contributed by atoms with van der Waals surface area (Å²) in [6, 6.07) is 16.3. The molecule has 7 nitrogen and oxygen atoms in total. The molecule has 0 spiro atoms. The number of halogens is 1. The van der Waals surface area contributed by atoms with Crippen LogP contribution in [-0.4, -0.2) is 30.5 Å². The molecule has 1 heterocycles. The van der Waals surface area contributed by atoms with E-state index in [-0.39, 0.29) is 10.6 Å². The Morgan fingerprint density at radius 2 is 1.67 bits per heavy atom. The summed E-state index contributed by atoms with van der Waals surface area (Å²) in [5.74, 6) is -0.180. The van der Waals surface area contributed by atoms with Crippen molar-refractivity contribution >= 4 is 31.4 Å². The van der Waals surface area contributed by atoms with Gasteiger partial charge >= 0.3 is 0 Å². The number of ether oxygens (including phenoxy) is 1. The van der Waals surface area contributed by atoms with Crippen LogP contribution in [0, 0.1) is 5.82 Å². The molecule has 0 saturated heterocycles. The molecule has 0 fully saturated rings. The van der Waals surface area contributed by atoms with Gasteiger partial charge in [-0.15, -0.1) is 0 Å². The minimum Gasteiger partial charge on any atom is -0.497 e. The van der Waals surface area contributed by atoms with Gasteiger partial charge in [-0.3, -0.25) is 9.03 Å². The number of anilines is 2. The van der Waals surface area contributed by atoms with Crippen molar-refractivity contribution < 1.29 is 26.0 Å². The number of nitrogens with one attached hydrogen (secondary N) is 1. The van der Waals surface area contributed by atoms with E-state index in [0.717, 1.165) is 5.56 Å². The van der Waals surface area contributed by atoms with Crippen molar-refractivity contribution in [3.8, 4) is 5.75 Å². The Kier molecular flexibility index (Phi) is 6.31. The van der Waals surface area contributed by atoms with Crippen LogP contribution >= 0.6 is 0 Å². The number of sulfonamides is 2. The quantitative estimate of drug-likeness (QED) is 0.542. The highest BCUT2D eigenvalue weighted by atomic mass is 32.2. The molecule has 0 saturated carbocycles. The fourth-order valence-corrected chi connectivity index (χ4v) is 6.50. The van der Waals surface area contributed by atoms with Crippen LogP contribution < -0.4 is 13.8 Å². The number of nitrogens with zero attached hydrogens (tertiary/aromatic N) is 1. The molecule has 1 aliphatic rings. The molecule has 0 atom stereocenters. The van der Waals surface area contributed by atoms with Gasteiger partial charge in [-0.25, -0.2) is 21.2 Å². The Labute approximate surface area is 192 Å². The lowest BCUT2D eigenvalue weighted by molar-refractivity contribution is 0.414. The molecule has 0 aliphatic carbocycles. The summed E-state index contributed by atoms with van der Waals surface area (Å²) in [5.41, 5.74) is 2.07.